The van der Waals surface area contributed by atoms with Crippen molar-refractivity contribution in [3.8, 4) is 0 Å². The zero-order valence-corrected chi connectivity index (χ0v) is 17.1. The van der Waals surface area contributed by atoms with E-state index in [0.717, 1.165) is 0 Å². The first kappa shape index (κ1) is 20.1. The minimum absolute atomic E-state index is 0.0507. The second-order valence-electron chi connectivity index (χ2n) is 8.24. The Labute approximate surface area is 173 Å². The fraction of sp³-hybridized carbons (Fsp3) is 0.476. The van der Waals surface area contributed by atoms with Gasteiger partial charge in [-0.1, -0.05) is 32.0 Å². The Morgan fingerprint density at radius 2 is 1.87 bits per heavy atom. The van der Waals surface area contributed by atoms with Gasteiger partial charge in [-0.15, -0.1) is 0 Å². The van der Waals surface area contributed by atoms with Crippen LogP contribution >= 0.6 is 0 Å². The largest absolute Gasteiger partial charge is 0.335 e. The number of carbonyl (C=O) groups excluding carboxylic acids is 3. The second kappa shape index (κ2) is 7.89. The average Bonchev–Trinajstić information content (AvgIpc) is 2.95. The fourth-order valence-electron chi connectivity index (χ4n) is 4.25. The van der Waals surface area contributed by atoms with Gasteiger partial charge in [-0.25, -0.2) is 5.10 Å². The molecular formula is C21H25N5O4. The first-order valence-electron chi connectivity index (χ1n) is 10.2. The van der Waals surface area contributed by atoms with Crippen LogP contribution in [0.3, 0.4) is 0 Å². The van der Waals surface area contributed by atoms with Crippen LogP contribution in [0.2, 0.25) is 0 Å². The SMILES string of the molecule is CC(C)CN1CC(=O)N2CCN(C(=O)c3n[nH]c(=O)c4ccccc34)CCC2C1=O. The van der Waals surface area contributed by atoms with Crippen LogP contribution in [-0.4, -0.2) is 81.4 Å². The van der Waals surface area contributed by atoms with Crippen molar-refractivity contribution < 1.29 is 14.4 Å². The van der Waals surface area contributed by atoms with E-state index >= 15 is 0 Å². The summed E-state index contributed by atoms with van der Waals surface area (Å²) < 4.78 is 0. The number of amides is 3. The summed E-state index contributed by atoms with van der Waals surface area (Å²) in [6.45, 7) is 5.62. The van der Waals surface area contributed by atoms with Crippen LogP contribution in [0.15, 0.2) is 29.1 Å². The molecule has 9 nitrogen and oxygen atoms in total. The van der Waals surface area contributed by atoms with Crippen molar-refractivity contribution in [1.82, 2.24) is 24.9 Å². The quantitative estimate of drug-likeness (QED) is 0.790. The van der Waals surface area contributed by atoms with E-state index in [1.807, 2.05) is 13.8 Å². The van der Waals surface area contributed by atoms with Gasteiger partial charge in [-0.2, -0.15) is 5.10 Å². The Morgan fingerprint density at radius 1 is 1.13 bits per heavy atom. The minimum atomic E-state index is -0.539. The zero-order valence-electron chi connectivity index (χ0n) is 17.1. The van der Waals surface area contributed by atoms with E-state index in [2.05, 4.69) is 10.2 Å². The lowest BCUT2D eigenvalue weighted by Crippen LogP contribution is -2.60. The van der Waals surface area contributed by atoms with Gasteiger partial charge in [0.1, 0.15) is 6.04 Å². The summed E-state index contributed by atoms with van der Waals surface area (Å²) in [6.07, 6.45) is 0.381. The molecule has 1 aromatic heterocycles. The third-order valence-electron chi connectivity index (χ3n) is 5.67. The molecule has 2 fully saturated rings. The number of nitrogens with zero attached hydrogens (tertiary/aromatic N) is 4. The van der Waals surface area contributed by atoms with Crippen molar-refractivity contribution in [2.75, 3.05) is 32.7 Å². The summed E-state index contributed by atoms with van der Waals surface area (Å²) in [5, 5.41) is 7.27. The first-order valence-corrected chi connectivity index (χ1v) is 10.2. The standard InChI is InChI=1S/C21H25N5O4/c1-13(2)11-25-12-17(27)26-10-9-24(8-7-16(26)20(25)29)21(30)18-14-5-3-4-6-15(14)19(28)23-22-18/h3-6,13,16H,7-12H2,1-2H3,(H,23,28). The smallest absolute Gasteiger partial charge is 0.275 e. The van der Waals surface area contributed by atoms with E-state index in [4.69, 9.17) is 0 Å². The molecule has 3 heterocycles. The number of aromatic nitrogens is 2. The van der Waals surface area contributed by atoms with Crippen LogP contribution < -0.4 is 5.56 Å². The molecule has 3 amide bonds. The highest BCUT2D eigenvalue weighted by Crippen LogP contribution is 2.22. The van der Waals surface area contributed by atoms with Crippen molar-refractivity contribution in [2.24, 2.45) is 5.92 Å². The normalized spacial score (nSPS) is 20.0. The van der Waals surface area contributed by atoms with Crippen molar-refractivity contribution >= 4 is 28.5 Å². The molecule has 0 spiro atoms. The molecule has 2 aliphatic rings. The Hall–Kier alpha value is -3.23. The Morgan fingerprint density at radius 3 is 2.60 bits per heavy atom. The lowest BCUT2D eigenvalue weighted by Gasteiger charge is -2.39. The molecule has 0 bridgehead atoms. The van der Waals surface area contributed by atoms with E-state index in [0.29, 0.717) is 43.4 Å². The van der Waals surface area contributed by atoms with E-state index in [1.54, 1.807) is 39.0 Å². The van der Waals surface area contributed by atoms with Gasteiger partial charge in [0, 0.05) is 31.6 Å². The summed E-state index contributed by atoms with van der Waals surface area (Å²) in [5.74, 6) is -0.176. The monoisotopic (exact) mass is 411 g/mol. The Balaban J connectivity index is 1.57. The molecule has 4 rings (SSSR count). The van der Waals surface area contributed by atoms with Crippen molar-refractivity contribution in [2.45, 2.75) is 26.3 Å². The summed E-state index contributed by atoms with van der Waals surface area (Å²) >= 11 is 0. The number of benzene rings is 1. The van der Waals surface area contributed by atoms with Gasteiger partial charge in [-0.3, -0.25) is 19.2 Å². The molecule has 158 valence electrons. The summed E-state index contributed by atoms with van der Waals surface area (Å²) in [7, 11) is 0. The predicted molar refractivity (Wildman–Crippen MR) is 110 cm³/mol. The summed E-state index contributed by atoms with van der Waals surface area (Å²) in [4.78, 5) is 55.6. The number of aromatic amines is 1. The molecule has 9 heteroatoms. The summed E-state index contributed by atoms with van der Waals surface area (Å²) in [5.41, 5.74) is -0.180. The van der Waals surface area contributed by atoms with Gasteiger partial charge >= 0.3 is 0 Å². The number of fused-ring (bicyclic) bond motifs is 2. The number of hydrogen-bond acceptors (Lipinski definition) is 5. The van der Waals surface area contributed by atoms with Crippen LogP contribution in [0.5, 0.6) is 0 Å². The Bertz CT molecular complexity index is 1060. The van der Waals surface area contributed by atoms with Gasteiger partial charge in [0.2, 0.25) is 11.8 Å². The maximum atomic E-state index is 13.2. The number of H-pyrrole nitrogens is 1. The van der Waals surface area contributed by atoms with Crippen LogP contribution in [0, 0.1) is 5.92 Å². The molecule has 0 saturated carbocycles. The number of piperazine rings is 1. The molecule has 0 aliphatic carbocycles. The van der Waals surface area contributed by atoms with Crippen LogP contribution in [0.1, 0.15) is 30.8 Å². The van der Waals surface area contributed by atoms with Crippen LogP contribution in [0.25, 0.3) is 10.8 Å². The molecular weight excluding hydrogens is 386 g/mol. The highest BCUT2D eigenvalue weighted by Gasteiger charge is 2.41. The maximum absolute atomic E-state index is 13.2. The Kier molecular flexibility index (Phi) is 5.27. The van der Waals surface area contributed by atoms with E-state index in [-0.39, 0.29) is 41.4 Å². The minimum Gasteiger partial charge on any atom is -0.335 e. The third-order valence-corrected chi connectivity index (χ3v) is 5.67. The molecule has 2 saturated heterocycles. The predicted octanol–water partition coefficient (Wildman–Crippen LogP) is 0.464. The van der Waals surface area contributed by atoms with Crippen molar-refractivity contribution in [1.29, 1.82) is 0 Å². The number of rotatable bonds is 3. The van der Waals surface area contributed by atoms with E-state index in [9.17, 15) is 19.2 Å². The zero-order chi connectivity index (χ0) is 21.4. The van der Waals surface area contributed by atoms with E-state index < -0.39 is 6.04 Å². The lowest BCUT2D eigenvalue weighted by atomic mass is 10.1. The number of nitrogens with one attached hydrogen (secondary N) is 1. The van der Waals surface area contributed by atoms with Gasteiger partial charge < -0.3 is 14.7 Å². The fourth-order valence-corrected chi connectivity index (χ4v) is 4.25. The highest BCUT2D eigenvalue weighted by atomic mass is 16.2. The van der Waals surface area contributed by atoms with Gasteiger partial charge in [0.25, 0.3) is 11.5 Å². The molecule has 2 aliphatic heterocycles. The van der Waals surface area contributed by atoms with Gasteiger partial charge in [0.15, 0.2) is 5.69 Å². The van der Waals surface area contributed by atoms with Crippen molar-refractivity contribution in [3.63, 3.8) is 0 Å². The number of hydrogen-bond donors (Lipinski definition) is 1. The topological polar surface area (TPSA) is 107 Å². The molecule has 0 radical (unpaired) electrons. The van der Waals surface area contributed by atoms with E-state index in [1.165, 1.54) is 0 Å². The molecule has 1 aromatic carbocycles. The molecule has 1 atom stereocenters. The average molecular weight is 411 g/mol. The van der Waals surface area contributed by atoms with Crippen LogP contribution in [-0.2, 0) is 9.59 Å². The first-order chi connectivity index (χ1) is 14.4. The number of carbonyl (C=O) groups is 3. The molecule has 1 N–H and O–H groups in total. The van der Waals surface area contributed by atoms with Crippen LogP contribution in [0.4, 0.5) is 0 Å². The second-order valence-corrected chi connectivity index (χ2v) is 8.24. The maximum Gasteiger partial charge on any atom is 0.275 e. The molecule has 1 unspecified atom stereocenters. The molecule has 2 aromatic rings. The summed E-state index contributed by atoms with van der Waals surface area (Å²) in [6, 6.07) is 6.29. The van der Waals surface area contributed by atoms with Gasteiger partial charge in [0.05, 0.1) is 11.9 Å². The van der Waals surface area contributed by atoms with Crippen molar-refractivity contribution in [3.05, 3.63) is 40.3 Å². The third kappa shape index (κ3) is 3.55. The highest BCUT2D eigenvalue weighted by molar-refractivity contribution is 6.05. The van der Waals surface area contributed by atoms with Gasteiger partial charge in [-0.05, 0) is 18.4 Å². The molecule has 30 heavy (non-hydrogen) atoms. The lowest BCUT2D eigenvalue weighted by molar-refractivity contribution is -0.156.